The number of nitrogens with zero attached hydrogens (tertiary/aromatic N) is 3. The summed E-state index contributed by atoms with van der Waals surface area (Å²) in [5, 5.41) is 2.93. The molecular weight excluding hydrogens is 300 g/mol. The van der Waals surface area contributed by atoms with Crippen molar-refractivity contribution in [3.8, 4) is 0 Å². The molecule has 1 aromatic heterocycles. The van der Waals surface area contributed by atoms with E-state index >= 15 is 0 Å². The van der Waals surface area contributed by atoms with Gasteiger partial charge in [-0.2, -0.15) is 0 Å². The van der Waals surface area contributed by atoms with Crippen molar-refractivity contribution in [2.75, 3.05) is 23.3 Å². The zero-order valence-electron chi connectivity index (χ0n) is 14.6. The number of amides is 1. The quantitative estimate of drug-likeness (QED) is 0.936. The van der Waals surface area contributed by atoms with Crippen LogP contribution in [-0.4, -0.2) is 29.0 Å². The van der Waals surface area contributed by atoms with E-state index in [1.54, 1.807) is 6.20 Å². The normalized spacial score (nSPS) is 14.5. The third-order valence-electron chi connectivity index (χ3n) is 4.61. The molecule has 2 heterocycles. The minimum absolute atomic E-state index is 0.166. The molecule has 5 heteroatoms. The summed E-state index contributed by atoms with van der Waals surface area (Å²) in [5.74, 6) is 0.566. The van der Waals surface area contributed by atoms with E-state index in [4.69, 9.17) is 0 Å². The second-order valence-corrected chi connectivity index (χ2v) is 6.47. The van der Waals surface area contributed by atoms with Gasteiger partial charge in [-0.3, -0.25) is 4.79 Å². The first-order valence-corrected chi connectivity index (χ1v) is 8.52. The molecule has 0 aliphatic carbocycles. The number of aryl methyl sites for hydroxylation is 3. The number of benzene rings is 1. The number of anilines is 2. The van der Waals surface area contributed by atoms with E-state index in [9.17, 15) is 4.79 Å². The van der Waals surface area contributed by atoms with Gasteiger partial charge < -0.3 is 10.2 Å². The average molecular weight is 324 g/mol. The Kier molecular flexibility index (Phi) is 4.79. The highest BCUT2D eigenvalue weighted by atomic mass is 16.1. The number of hydrogen-bond donors (Lipinski definition) is 1. The number of hydrogen-bond acceptors (Lipinski definition) is 4. The van der Waals surface area contributed by atoms with Gasteiger partial charge in [0.2, 0.25) is 5.95 Å². The maximum absolute atomic E-state index is 12.5. The number of piperidine rings is 1. The molecule has 1 aromatic carbocycles. The second kappa shape index (κ2) is 6.99. The molecule has 1 aliphatic rings. The van der Waals surface area contributed by atoms with Crippen LogP contribution in [0.1, 0.15) is 46.4 Å². The molecule has 24 heavy (non-hydrogen) atoms. The topological polar surface area (TPSA) is 58.1 Å². The van der Waals surface area contributed by atoms with Crippen molar-refractivity contribution < 1.29 is 4.79 Å². The third-order valence-corrected chi connectivity index (χ3v) is 4.61. The predicted molar refractivity (Wildman–Crippen MR) is 96.7 cm³/mol. The highest BCUT2D eigenvalue weighted by Crippen LogP contribution is 2.19. The lowest BCUT2D eigenvalue weighted by molar-refractivity contribution is 0.102. The van der Waals surface area contributed by atoms with E-state index in [-0.39, 0.29) is 5.91 Å². The van der Waals surface area contributed by atoms with Gasteiger partial charge in [-0.15, -0.1) is 0 Å². The van der Waals surface area contributed by atoms with Crippen LogP contribution in [0.5, 0.6) is 0 Å². The van der Waals surface area contributed by atoms with Crippen molar-refractivity contribution in [1.29, 1.82) is 0 Å². The van der Waals surface area contributed by atoms with Crippen LogP contribution in [-0.2, 0) is 0 Å². The lowest BCUT2D eigenvalue weighted by Gasteiger charge is -2.26. The number of nitrogens with one attached hydrogen (secondary N) is 1. The van der Waals surface area contributed by atoms with E-state index in [0.717, 1.165) is 30.3 Å². The summed E-state index contributed by atoms with van der Waals surface area (Å²) < 4.78 is 0. The van der Waals surface area contributed by atoms with Gasteiger partial charge in [-0.25, -0.2) is 9.97 Å². The van der Waals surface area contributed by atoms with E-state index < -0.39 is 0 Å². The maximum atomic E-state index is 12.5. The molecule has 0 spiro atoms. The zero-order valence-corrected chi connectivity index (χ0v) is 14.6. The van der Waals surface area contributed by atoms with Gasteiger partial charge in [-0.05, 0) is 63.3 Å². The highest BCUT2D eigenvalue weighted by Gasteiger charge is 2.17. The summed E-state index contributed by atoms with van der Waals surface area (Å²) in [5.41, 5.74) is 4.39. The van der Waals surface area contributed by atoms with Crippen LogP contribution in [0.3, 0.4) is 0 Å². The number of carbonyl (C=O) groups is 1. The first-order chi connectivity index (χ1) is 11.5. The van der Waals surface area contributed by atoms with Crippen molar-refractivity contribution >= 4 is 17.5 Å². The van der Waals surface area contributed by atoms with Crippen LogP contribution in [0.15, 0.2) is 24.4 Å². The summed E-state index contributed by atoms with van der Waals surface area (Å²) in [4.78, 5) is 23.7. The second-order valence-electron chi connectivity index (χ2n) is 6.47. The Morgan fingerprint density at radius 2 is 1.83 bits per heavy atom. The molecule has 0 bridgehead atoms. The molecule has 1 amide bonds. The summed E-state index contributed by atoms with van der Waals surface area (Å²) in [6.07, 6.45) is 5.27. The molecule has 0 atom stereocenters. The Hall–Kier alpha value is -2.43. The number of aromatic nitrogens is 2. The smallest absolute Gasteiger partial charge is 0.259 e. The van der Waals surface area contributed by atoms with Crippen LogP contribution in [0.2, 0.25) is 0 Å². The van der Waals surface area contributed by atoms with Crippen molar-refractivity contribution in [2.45, 2.75) is 40.0 Å². The van der Waals surface area contributed by atoms with E-state index in [0.29, 0.717) is 11.3 Å². The minimum atomic E-state index is -0.166. The van der Waals surface area contributed by atoms with Crippen LogP contribution in [0, 0.1) is 20.8 Å². The predicted octanol–water partition coefficient (Wildman–Crippen LogP) is 3.64. The molecule has 5 nitrogen and oxygen atoms in total. The summed E-state index contributed by atoms with van der Waals surface area (Å²) in [6.45, 7) is 7.94. The fourth-order valence-corrected chi connectivity index (χ4v) is 2.94. The van der Waals surface area contributed by atoms with Gasteiger partial charge in [0.25, 0.3) is 5.91 Å². The minimum Gasteiger partial charge on any atom is -0.341 e. The molecule has 2 aromatic rings. The van der Waals surface area contributed by atoms with Crippen molar-refractivity contribution in [3.63, 3.8) is 0 Å². The first kappa shape index (κ1) is 16.4. The molecular formula is C19H24N4O. The summed E-state index contributed by atoms with van der Waals surface area (Å²) >= 11 is 0. The van der Waals surface area contributed by atoms with Gasteiger partial charge in [0.1, 0.15) is 0 Å². The fraction of sp³-hybridized carbons (Fsp3) is 0.421. The van der Waals surface area contributed by atoms with Crippen LogP contribution in [0.25, 0.3) is 0 Å². The summed E-state index contributed by atoms with van der Waals surface area (Å²) in [6, 6.07) is 5.90. The van der Waals surface area contributed by atoms with E-state index in [1.165, 1.54) is 24.8 Å². The van der Waals surface area contributed by atoms with Crippen LogP contribution in [0.4, 0.5) is 11.6 Å². The lowest BCUT2D eigenvalue weighted by atomic mass is 10.1. The molecule has 0 saturated carbocycles. The Morgan fingerprint density at radius 3 is 2.50 bits per heavy atom. The van der Waals surface area contributed by atoms with Crippen LogP contribution < -0.4 is 10.2 Å². The third kappa shape index (κ3) is 3.55. The molecule has 3 rings (SSSR count). The van der Waals surface area contributed by atoms with Crippen molar-refractivity contribution in [2.24, 2.45) is 0 Å². The van der Waals surface area contributed by atoms with Gasteiger partial charge in [0.15, 0.2) is 0 Å². The van der Waals surface area contributed by atoms with Gasteiger partial charge in [0, 0.05) is 25.0 Å². The maximum Gasteiger partial charge on any atom is 0.259 e. The largest absolute Gasteiger partial charge is 0.341 e. The Bertz CT molecular complexity index is 751. The molecule has 1 aliphatic heterocycles. The number of rotatable bonds is 3. The molecule has 126 valence electrons. The Morgan fingerprint density at radius 1 is 1.08 bits per heavy atom. The lowest BCUT2D eigenvalue weighted by Crippen LogP contribution is -2.31. The van der Waals surface area contributed by atoms with Gasteiger partial charge in [-0.1, -0.05) is 6.07 Å². The summed E-state index contributed by atoms with van der Waals surface area (Å²) in [7, 11) is 0. The molecule has 1 saturated heterocycles. The Balaban J connectivity index is 1.75. The number of carbonyl (C=O) groups excluding carboxylic acids is 1. The monoisotopic (exact) mass is 324 g/mol. The highest BCUT2D eigenvalue weighted by molar-refractivity contribution is 6.04. The van der Waals surface area contributed by atoms with Gasteiger partial charge >= 0.3 is 0 Å². The van der Waals surface area contributed by atoms with Crippen molar-refractivity contribution in [1.82, 2.24) is 9.97 Å². The molecule has 1 fully saturated rings. The standard InChI is InChI=1S/C19H24N4O/c1-13-7-8-16(11-14(13)2)22-18(24)17-12-20-19(21-15(17)3)23-9-5-4-6-10-23/h7-8,11-12H,4-6,9-10H2,1-3H3,(H,22,24). The Labute approximate surface area is 143 Å². The zero-order chi connectivity index (χ0) is 17.1. The molecule has 0 unspecified atom stereocenters. The SMILES string of the molecule is Cc1ccc(NC(=O)c2cnc(N3CCCCC3)nc2C)cc1C. The first-order valence-electron chi connectivity index (χ1n) is 8.52. The van der Waals surface area contributed by atoms with Gasteiger partial charge in [0.05, 0.1) is 11.3 Å². The molecule has 0 radical (unpaired) electrons. The van der Waals surface area contributed by atoms with E-state index in [2.05, 4.69) is 27.1 Å². The van der Waals surface area contributed by atoms with Crippen LogP contribution >= 0.6 is 0 Å². The molecule has 1 N–H and O–H groups in total. The van der Waals surface area contributed by atoms with Crippen molar-refractivity contribution in [3.05, 3.63) is 46.8 Å². The fourth-order valence-electron chi connectivity index (χ4n) is 2.94. The van der Waals surface area contributed by atoms with E-state index in [1.807, 2.05) is 32.0 Å². The average Bonchev–Trinajstić information content (AvgIpc) is 2.59.